The van der Waals surface area contributed by atoms with Gasteiger partial charge in [0, 0.05) is 11.3 Å². The van der Waals surface area contributed by atoms with Gasteiger partial charge in [-0.25, -0.2) is 4.79 Å². The highest BCUT2D eigenvalue weighted by molar-refractivity contribution is 7.17. The monoisotopic (exact) mass is 351 g/mol. The highest BCUT2D eigenvalue weighted by Crippen LogP contribution is 2.38. The maximum atomic E-state index is 12.2. The lowest BCUT2D eigenvalue weighted by Gasteiger charge is -2.11. The van der Waals surface area contributed by atoms with Crippen LogP contribution in [0.3, 0.4) is 0 Å². The summed E-state index contributed by atoms with van der Waals surface area (Å²) in [5, 5.41) is 3.65. The largest absolute Gasteiger partial charge is 0.465 e. The summed E-state index contributed by atoms with van der Waals surface area (Å²) in [6.07, 6.45) is 11.6. The fourth-order valence-corrected chi connectivity index (χ4v) is 4.52. The summed E-state index contributed by atoms with van der Waals surface area (Å²) >= 11 is 1.55. The van der Waals surface area contributed by atoms with Crippen molar-refractivity contribution in [1.29, 1.82) is 0 Å². The van der Waals surface area contributed by atoms with Crippen LogP contribution in [-0.4, -0.2) is 19.0 Å². The normalized spacial score (nSPS) is 13.4. The summed E-state index contributed by atoms with van der Waals surface area (Å²) in [6, 6.07) is 0. The fraction of sp³-hybridized carbons (Fsp3) is 0.684. The minimum Gasteiger partial charge on any atom is -0.465 e. The Morgan fingerprint density at radius 2 is 1.79 bits per heavy atom. The first kappa shape index (κ1) is 19.0. The number of ether oxygens (including phenoxy) is 1. The predicted molar refractivity (Wildman–Crippen MR) is 98.9 cm³/mol. The molecule has 4 nitrogen and oxygen atoms in total. The van der Waals surface area contributed by atoms with Gasteiger partial charge in [0.1, 0.15) is 5.00 Å². The van der Waals surface area contributed by atoms with Crippen LogP contribution in [-0.2, 0) is 22.4 Å². The second-order valence-corrected chi connectivity index (χ2v) is 7.58. The summed E-state index contributed by atoms with van der Waals surface area (Å²) < 4.78 is 4.94. The minimum absolute atomic E-state index is 0.00856. The molecule has 0 saturated heterocycles. The molecule has 1 aromatic rings. The lowest BCUT2D eigenvalue weighted by atomic mass is 9.95. The van der Waals surface area contributed by atoms with Crippen LogP contribution in [0, 0.1) is 0 Å². The first-order valence-corrected chi connectivity index (χ1v) is 10.0. The number of methoxy groups -OCH3 is 1. The van der Waals surface area contributed by atoms with Gasteiger partial charge in [0.15, 0.2) is 0 Å². The van der Waals surface area contributed by atoms with Crippen LogP contribution >= 0.6 is 11.3 Å². The molecule has 0 unspecified atom stereocenters. The average molecular weight is 352 g/mol. The standard InChI is InChI=1S/C19H29NO3S/c1-3-4-5-6-7-8-13-16(21)20-18-17(19(22)23-2)14-11-9-10-12-15(14)24-18/h3-13H2,1-2H3,(H,20,21). The third-order valence-corrected chi connectivity index (χ3v) is 5.78. The van der Waals surface area contributed by atoms with E-state index in [1.54, 1.807) is 11.3 Å². The number of hydrogen-bond acceptors (Lipinski definition) is 4. The number of carbonyl (C=O) groups is 2. The molecular weight excluding hydrogens is 322 g/mol. The molecule has 1 aliphatic rings. The molecule has 0 bridgehead atoms. The van der Waals surface area contributed by atoms with Crippen LogP contribution < -0.4 is 5.32 Å². The van der Waals surface area contributed by atoms with Gasteiger partial charge < -0.3 is 10.1 Å². The van der Waals surface area contributed by atoms with E-state index in [2.05, 4.69) is 12.2 Å². The van der Waals surface area contributed by atoms with Gasteiger partial charge in [-0.05, 0) is 37.7 Å². The number of nitrogens with one attached hydrogen (secondary N) is 1. The predicted octanol–water partition coefficient (Wildman–Crippen LogP) is 5.10. The first-order chi connectivity index (χ1) is 11.7. The zero-order chi connectivity index (χ0) is 17.4. The number of aryl methyl sites for hydroxylation is 1. The van der Waals surface area contributed by atoms with Crippen molar-refractivity contribution in [3.05, 3.63) is 16.0 Å². The number of unbranched alkanes of at least 4 members (excludes halogenated alkanes) is 5. The van der Waals surface area contributed by atoms with Crippen LogP contribution in [0.25, 0.3) is 0 Å². The Kier molecular flexibility index (Phi) is 7.76. The maximum Gasteiger partial charge on any atom is 0.341 e. The zero-order valence-corrected chi connectivity index (χ0v) is 15.7. The molecule has 0 atom stereocenters. The van der Waals surface area contributed by atoms with Crippen LogP contribution in [0.4, 0.5) is 5.00 Å². The van der Waals surface area contributed by atoms with E-state index in [0.29, 0.717) is 17.0 Å². The number of amides is 1. The highest BCUT2D eigenvalue weighted by Gasteiger charge is 2.26. The Morgan fingerprint density at radius 3 is 2.54 bits per heavy atom. The molecule has 0 aromatic carbocycles. The Balaban J connectivity index is 1.92. The summed E-state index contributed by atoms with van der Waals surface area (Å²) in [5.74, 6) is -0.321. The molecule has 0 saturated carbocycles. The van der Waals surface area contributed by atoms with E-state index in [4.69, 9.17) is 4.74 Å². The number of anilines is 1. The number of hydrogen-bond donors (Lipinski definition) is 1. The summed E-state index contributed by atoms with van der Waals surface area (Å²) in [6.45, 7) is 2.20. The quantitative estimate of drug-likeness (QED) is 0.497. The molecule has 0 fully saturated rings. The second-order valence-electron chi connectivity index (χ2n) is 6.47. The van der Waals surface area contributed by atoms with E-state index in [1.165, 1.54) is 37.7 Å². The fourth-order valence-electron chi connectivity index (χ4n) is 3.23. The van der Waals surface area contributed by atoms with Crippen LogP contribution in [0.5, 0.6) is 0 Å². The molecule has 0 aliphatic heterocycles. The number of fused-ring (bicyclic) bond motifs is 1. The van der Waals surface area contributed by atoms with Gasteiger partial charge in [0.25, 0.3) is 0 Å². The smallest absolute Gasteiger partial charge is 0.341 e. The molecule has 0 spiro atoms. The molecule has 1 aromatic heterocycles. The minimum atomic E-state index is -0.329. The number of esters is 1. The number of rotatable bonds is 9. The van der Waals surface area contributed by atoms with Gasteiger partial charge in [0.05, 0.1) is 12.7 Å². The van der Waals surface area contributed by atoms with Crippen molar-refractivity contribution in [2.75, 3.05) is 12.4 Å². The third-order valence-electron chi connectivity index (χ3n) is 4.57. The van der Waals surface area contributed by atoms with Crippen molar-refractivity contribution < 1.29 is 14.3 Å². The topological polar surface area (TPSA) is 55.4 Å². The van der Waals surface area contributed by atoms with E-state index >= 15 is 0 Å². The van der Waals surface area contributed by atoms with Crippen molar-refractivity contribution in [3.8, 4) is 0 Å². The van der Waals surface area contributed by atoms with E-state index in [-0.39, 0.29) is 11.9 Å². The molecule has 1 amide bonds. The average Bonchev–Trinajstić information content (AvgIpc) is 2.95. The van der Waals surface area contributed by atoms with Crippen molar-refractivity contribution in [2.45, 2.75) is 77.6 Å². The number of carbonyl (C=O) groups excluding carboxylic acids is 2. The van der Waals surface area contributed by atoms with Crippen molar-refractivity contribution in [3.63, 3.8) is 0 Å². The lowest BCUT2D eigenvalue weighted by molar-refractivity contribution is -0.116. The van der Waals surface area contributed by atoms with Gasteiger partial charge in [-0.15, -0.1) is 11.3 Å². The lowest BCUT2D eigenvalue weighted by Crippen LogP contribution is -2.14. The Bertz CT molecular complexity index is 565. The van der Waals surface area contributed by atoms with E-state index in [9.17, 15) is 9.59 Å². The number of thiophene rings is 1. The summed E-state index contributed by atoms with van der Waals surface area (Å²) in [5.41, 5.74) is 1.68. The molecule has 1 N–H and O–H groups in total. The van der Waals surface area contributed by atoms with Crippen LogP contribution in [0.2, 0.25) is 0 Å². The highest BCUT2D eigenvalue weighted by atomic mass is 32.1. The molecule has 1 heterocycles. The summed E-state index contributed by atoms with van der Waals surface area (Å²) in [7, 11) is 1.40. The molecule has 2 rings (SSSR count). The van der Waals surface area contributed by atoms with Gasteiger partial charge >= 0.3 is 5.97 Å². The van der Waals surface area contributed by atoms with Crippen molar-refractivity contribution in [2.24, 2.45) is 0 Å². The van der Waals surface area contributed by atoms with E-state index < -0.39 is 0 Å². The molecule has 134 valence electrons. The van der Waals surface area contributed by atoms with Gasteiger partial charge in [0.2, 0.25) is 5.91 Å². The maximum absolute atomic E-state index is 12.2. The Morgan fingerprint density at radius 1 is 1.08 bits per heavy atom. The second kappa shape index (κ2) is 9.82. The Hall–Kier alpha value is -1.36. The van der Waals surface area contributed by atoms with E-state index in [0.717, 1.165) is 44.1 Å². The SMILES string of the molecule is CCCCCCCCC(=O)Nc1sc2c(c1C(=O)OC)CCCC2. The van der Waals surface area contributed by atoms with Gasteiger partial charge in [-0.1, -0.05) is 39.0 Å². The van der Waals surface area contributed by atoms with Crippen LogP contribution in [0.1, 0.15) is 85.5 Å². The molecule has 24 heavy (non-hydrogen) atoms. The van der Waals surface area contributed by atoms with Crippen molar-refractivity contribution >= 4 is 28.2 Å². The van der Waals surface area contributed by atoms with Crippen molar-refractivity contribution in [1.82, 2.24) is 0 Å². The molecule has 1 aliphatic carbocycles. The van der Waals surface area contributed by atoms with Gasteiger partial charge in [-0.2, -0.15) is 0 Å². The molecule has 5 heteroatoms. The van der Waals surface area contributed by atoms with E-state index in [1.807, 2.05) is 0 Å². The van der Waals surface area contributed by atoms with Gasteiger partial charge in [-0.3, -0.25) is 4.79 Å². The molecular formula is C19H29NO3S. The van der Waals surface area contributed by atoms with Crippen LogP contribution in [0.15, 0.2) is 0 Å². The zero-order valence-electron chi connectivity index (χ0n) is 14.9. The molecule has 0 radical (unpaired) electrons. The Labute approximate surface area is 149 Å². The first-order valence-electron chi connectivity index (χ1n) is 9.20. The summed E-state index contributed by atoms with van der Waals surface area (Å²) in [4.78, 5) is 25.6. The third kappa shape index (κ3) is 5.07.